The first kappa shape index (κ1) is 21.8. The number of unbranched alkanes of at least 4 members (excludes halogenated alkanes) is 13. The molecule has 1 aromatic carbocycles. The number of aryl methyl sites for hydroxylation is 1. The van der Waals surface area contributed by atoms with Crippen LogP contribution in [0.3, 0.4) is 0 Å². The van der Waals surface area contributed by atoms with Crippen LogP contribution >= 0.6 is 0 Å². The Morgan fingerprint density at radius 1 is 0.815 bits per heavy atom. The molecule has 1 aliphatic rings. The van der Waals surface area contributed by atoms with Crippen molar-refractivity contribution < 1.29 is 4.74 Å². The molecule has 0 saturated carbocycles. The third kappa shape index (κ3) is 8.39. The predicted molar refractivity (Wildman–Crippen MR) is 118 cm³/mol. The Bertz CT molecular complexity index is 580. The molecule has 0 amide bonds. The molecule has 0 aliphatic carbocycles. The molecule has 0 saturated heterocycles. The minimum atomic E-state index is 0.680. The van der Waals surface area contributed by atoms with Gasteiger partial charge >= 0.3 is 0 Å². The van der Waals surface area contributed by atoms with Crippen LogP contribution < -0.4 is 0 Å². The molecule has 0 spiro atoms. The number of benzene rings is 1. The van der Waals surface area contributed by atoms with E-state index in [0.717, 1.165) is 5.76 Å². The Morgan fingerprint density at radius 3 is 1.93 bits per heavy atom. The molecule has 2 rings (SSSR count). The molecule has 0 aromatic heterocycles. The third-order valence-corrected chi connectivity index (χ3v) is 5.77. The van der Waals surface area contributed by atoms with Gasteiger partial charge in [-0.25, -0.2) is 0 Å². The lowest BCUT2D eigenvalue weighted by molar-refractivity contribution is 0.286. The molecule has 1 heterocycles. The normalized spacial score (nSPS) is 12.7. The van der Waals surface area contributed by atoms with Gasteiger partial charge in [-0.3, -0.25) is 0 Å². The van der Waals surface area contributed by atoms with Crippen molar-refractivity contribution in [1.82, 2.24) is 0 Å². The van der Waals surface area contributed by atoms with Crippen LogP contribution in [0.1, 0.15) is 114 Å². The van der Waals surface area contributed by atoms with Crippen LogP contribution in [-0.4, -0.2) is 0 Å². The van der Waals surface area contributed by atoms with Crippen molar-refractivity contribution in [3.05, 3.63) is 47.2 Å². The van der Waals surface area contributed by atoms with Gasteiger partial charge in [-0.1, -0.05) is 115 Å². The smallest absolute Gasteiger partial charge is 0.169 e. The summed E-state index contributed by atoms with van der Waals surface area (Å²) in [7, 11) is 0. The highest BCUT2D eigenvalue weighted by molar-refractivity contribution is 5.65. The standard InChI is InChI=1S/C26H40O/c1-3-5-6-7-8-9-10-11-12-13-14-15-16-17-18-23-19-20-25-24(21-23)22-27-26(25)4-2/h19-21H,2-3,5-18,22H2,1H3. The van der Waals surface area contributed by atoms with Crippen LogP contribution in [0.4, 0.5) is 0 Å². The molecular formula is C26H40O. The van der Waals surface area contributed by atoms with Crippen molar-refractivity contribution >= 4 is 5.76 Å². The summed E-state index contributed by atoms with van der Waals surface area (Å²) in [5.41, 5.74) is 6.80. The van der Waals surface area contributed by atoms with E-state index in [1.54, 1.807) is 0 Å². The molecular weight excluding hydrogens is 328 g/mol. The number of fused-ring (bicyclic) bond motifs is 1. The molecule has 0 radical (unpaired) electrons. The van der Waals surface area contributed by atoms with E-state index < -0.39 is 0 Å². The number of ether oxygens (including phenoxy) is 1. The van der Waals surface area contributed by atoms with E-state index in [1.807, 2.05) is 0 Å². The van der Waals surface area contributed by atoms with Gasteiger partial charge in [0.2, 0.25) is 0 Å². The van der Waals surface area contributed by atoms with E-state index in [-0.39, 0.29) is 0 Å². The van der Waals surface area contributed by atoms with E-state index in [2.05, 4.69) is 37.4 Å². The molecule has 0 unspecified atom stereocenters. The highest BCUT2D eigenvalue weighted by atomic mass is 16.5. The number of hydrogen-bond acceptors (Lipinski definition) is 1. The maximum atomic E-state index is 5.60. The van der Waals surface area contributed by atoms with Crippen molar-refractivity contribution in [2.45, 2.75) is 110 Å². The number of hydrogen-bond donors (Lipinski definition) is 0. The van der Waals surface area contributed by atoms with Crippen molar-refractivity contribution in [1.29, 1.82) is 0 Å². The van der Waals surface area contributed by atoms with Gasteiger partial charge in [-0.05, 0) is 24.5 Å². The second-order valence-corrected chi connectivity index (χ2v) is 8.13. The van der Waals surface area contributed by atoms with Crippen LogP contribution in [0.2, 0.25) is 0 Å². The summed E-state index contributed by atoms with van der Waals surface area (Å²) in [6.45, 7) is 6.67. The highest BCUT2D eigenvalue weighted by Gasteiger charge is 2.16. The predicted octanol–water partition coefficient (Wildman–Crippen LogP) is 8.37. The maximum absolute atomic E-state index is 5.60. The molecule has 0 bridgehead atoms. The van der Waals surface area contributed by atoms with Crippen molar-refractivity contribution in [3.63, 3.8) is 0 Å². The third-order valence-electron chi connectivity index (χ3n) is 5.77. The Balaban J connectivity index is 1.42. The van der Waals surface area contributed by atoms with Gasteiger partial charge in [-0.2, -0.15) is 0 Å². The Morgan fingerprint density at radius 2 is 1.37 bits per heavy atom. The first-order valence-corrected chi connectivity index (χ1v) is 11.5. The summed E-state index contributed by atoms with van der Waals surface area (Å²) < 4.78 is 5.60. The van der Waals surface area contributed by atoms with Crippen molar-refractivity contribution in [2.24, 2.45) is 0 Å². The minimum absolute atomic E-state index is 0.680. The quantitative estimate of drug-likeness (QED) is 0.223. The van der Waals surface area contributed by atoms with Crippen LogP contribution in [0.15, 0.2) is 30.5 Å². The van der Waals surface area contributed by atoms with Gasteiger partial charge in [-0.15, -0.1) is 0 Å². The fraction of sp³-hybridized carbons (Fsp3) is 0.654. The average molecular weight is 369 g/mol. The van der Waals surface area contributed by atoms with Gasteiger partial charge < -0.3 is 4.74 Å². The highest BCUT2D eigenvalue weighted by Crippen LogP contribution is 2.29. The Labute approximate surface area is 167 Å². The molecule has 1 nitrogen and oxygen atoms in total. The topological polar surface area (TPSA) is 9.23 Å². The lowest BCUT2D eigenvalue weighted by Gasteiger charge is -2.05. The van der Waals surface area contributed by atoms with Crippen LogP contribution in [-0.2, 0) is 17.8 Å². The van der Waals surface area contributed by atoms with Crippen LogP contribution in [0.25, 0.3) is 5.76 Å². The van der Waals surface area contributed by atoms with Gasteiger partial charge in [0, 0.05) is 11.1 Å². The molecule has 0 atom stereocenters. The summed E-state index contributed by atoms with van der Waals surface area (Å²) in [6, 6.07) is 6.73. The first-order valence-electron chi connectivity index (χ1n) is 11.5. The summed E-state index contributed by atoms with van der Waals surface area (Å²) in [6.07, 6.45) is 21.1. The van der Waals surface area contributed by atoms with Gasteiger partial charge in [0.05, 0.1) is 0 Å². The Kier molecular flexibility index (Phi) is 11.1. The second kappa shape index (κ2) is 13.7. The molecule has 1 heteroatoms. The fourth-order valence-corrected chi connectivity index (χ4v) is 4.04. The number of rotatable bonds is 15. The zero-order valence-electron chi connectivity index (χ0n) is 17.7. The van der Waals surface area contributed by atoms with Crippen molar-refractivity contribution in [3.8, 4) is 0 Å². The molecule has 1 aliphatic heterocycles. The lowest BCUT2D eigenvalue weighted by atomic mass is 10.00. The maximum Gasteiger partial charge on any atom is 0.169 e. The monoisotopic (exact) mass is 368 g/mol. The zero-order chi connectivity index (χ0) is 19.2. The zero-order valence-corrected chi connectivity index (χ0v) is 17.7. The molecule has 1 aromatic rings. The lowest BCUT2D eigenvalue weighted by Crippen LogP contribution is -1.90. The van der Waals surface area contributed by atoms with Crippen LogP contribution in [0, 0.1) is 0 Å². The summed E-state index contributed by atoms with van der Waals surface area (Å²) in [4.78, 5) is 0. The van der Waals surface area contributed by atoms with E-state index in [1.165, 1.54) is 113 Å². The van der Waals surface area contributed by atoms with Gasteiger partial charge in [0.15, 0.2) is 5.76 Å². The minimum Gasteiger partial charge on any atom is -0.481 e. The van der Waals surface area contributed by atoms with Gasteiger partial charge in [0.25, 0.3) is 0 Å². The Hall–Kier alpha value is -1.46. The van der Waals surface area contributed by atoms with E-state index >= 15 is 0 Å². The van der Waals surface area contributed by atoms with E-state index in [0.29, 0.717) is 6.61 Å². The first-order chi connectivity index (χ1) is 13.3. The summed E-state index contributed by atoms with van der Waals surface area (Å²) in [5, 5.41) is 0. The summed E-state index contributed by atoms with van der Waals surface area (Å²) in [5.74, 6) is 0.813. The van der Waals surface area contributed by atoms with E-state index in [9.17, 15) is 0 Å². The average Bonchev–Trinajstić information content (AvgIpc) is 3.10. The van der Waals surface area contributed by atoms with Crippen LogP contribution in [0.5, 0.6) is 0 Å². The molecule has 0 fully saturated rings. The van der Waals surface area contributed by atoms with Gasteiger partial charge in [0.1, 0.15) is 6.61 Å². The fourth-order valence-electron chi connectivity index (χ4n) is 4.04. The second-order valence-electron chi connectivity index (χ2n) is 8.13. The molecule has 150 valence electrons. The molecule has 0 N–H and O–H groups in total. The van der Waals surface area contributed by atoms with Crippen molar-refractivity contribution in [2.75, 3.05) is 0 Å². The summed E-state index contributed by atoms with van der Waals surface area (Å²) >= 11 is 0. The molecule has 27 heavy (non-hydrogen) atoms. The largest absolute Gasteiger partial charge is 0.481 e. The van der Waals surface area contributed by atoms with E-state index in [4.69, 9.17) is 4.74 Å². The SMILES string of the molecule is C=C=C1OCc2cc(CCCCCCCCCCCCCCCC)ccc21.